The van der Waals surface area contributed by atoms with Gasteiger partial charge in [0.1, 0.15) is 17.6 Å². The van der Waals surface area contributed by atoms with Gasteiger partial charge in [-0.1, -0.05) is 11.6 Å². The summed E-state index contributed by atoms with van der Waals surface area (Å²) in [5.41, 5.74) is -0.802. The zero-order valence-corrected chi connectivity index (χ0v) is 11.2. The number of carbonyl (C=O) groups excluding carboxylic acids is 1. The monoisotopic (exact) mass is 304 g/mol. The summed E-state index contributed by atoms with van der Waals surface area (Å²) in [5, 5.41) is 8.58. The number of carboxylic acids is 1. The van der Waals surface area contributed by atoms with E-state index in [1.807, 2.05) is 0 Å². The van der Waals surface area contributed by atoms with Crippen molar-refractivity contribution in [3.05, 3.63) is 40.6 Å². The lowest BCUT2D eigenvalue weighted by Gasteiger charge is -2.11. The van der Waals surface area contributed by atoms with Crippen molar-refractivity contribution in [2.24, 2.45) is 0 Å². The van der Waals surface area contributed by atoms with Crippen molar-refractivity contribution in [2.45, 2.75) is 0 Å². The van der Waals surface area contributed by atoms with Gasteiger partial charge in [0.25, 0.3) is 0 Å². The Morgan fingerprint density at radius 1 is 1.35 bits per heavy atom. The van der Waals surface area contributed by atoms with Gasteiger partial charge in [-0.3, -0.25) is 0 Å². The van der Waals surface area contributed by atoms with Crippen molar-refractivity contribution in [3.8, 4) is 5.75 Å². The fourth-order valence-electron chi connectivity index (χ4n) is 1.26. The van der Waals surface area contributed by atoms with Gasteiger partial charge in [-0.05, 0) is 12.1 Å². The predicted octanol–water partition coefficient (Wildman–Crippen LogP) is 2.22. The third-order valence-corrected chi connectivity index (χ3v) is 2.39. The number of methoxy groups -OCH3 is 2. The van der Waals surface area contributed by atoms with Crippen LogP contribution in [-0.4, -0.2) is 31.3 Å². The Morgan fingerprint density at radius 2 is 2.00 bits per heavy atom. The molecular weight excluding hydrogens is 295 g/mol. The Kier molecular flexibility index (Phi) is 5.33. The Bertz CT molecular complexity index is 569. The van der Waals surface area contributed by atoms with Gasteiger partial charge in [-0.25, -0.2) is 14.0 Å². The Balaban J connectivity index is 3.27. The molecule has 0 unspecified atom stereocenters. The molecule has 108 valence electrons. The van der Waals surface area contributed by atoms with Crippen LogP contribution in [0.15, 0.2) is 24.2 Å². The molecule has 0 aliphatic heterocycles. The van der Waals surface area contributed by atoms with Crippen LogP contribution >= 0.6 is 11.6 Å². The zero-order chi connectivity index (χ0) is 15.3. The van der Waals surface area contributed by atoms with E-state index in [2.05, 4.69) is 9.47 Å². The fourth-order valence-corrected chi connectivity index (χ4v) is 1.41. The summed E-state index contributed by atoms with van der Waals surface area (Å²) in [5.74, 6) is -4.54. The molecule has 6 nitrogen and oxygen atoms in total. The van der Waals surface area contributed by atoms with Crippen molar-refractivity contribution >= 4 is 23.5 Å². The molecule has 0 saturated heterocycles. The topological polar surface area (TPSA) is 82.1 Å². The van der Waals surface area contributed by atoms with Crippen molar-refractivity contribution in [1.82, 2.24) is 0 Å². The Labute approximate surface area is 118 Å². The highest BCUT2D eigenvalue weighted by Crippen LogP contribution is 2.29. The fraction of sp³-hybridized carbons (Fsp3) is 0.167. The van der Waals surface area contributed by atoms with Gasteiger partial charge >= 0.3 is 11.9 Å². The van der Waals surface area contributed by atoms with E-state index < -0.39 is 34.8 Å². The van der Waals surface area contributed by atoms with E-state index in [1.165, 1.54) is 7.11 Å². The molecule has 0 amide bonds. The largest absolute Gasteiger partial charge is 0.500 e. The minimum Gasteiger partial charge on any atom is -0.500 e. The standard InChI is InChI=1S/C12H10ClFO6/c1-18-5-8(12(17)19-2)20-7-4-3-6(13)10(14)9(7)11(15)16/h3-5H,1-2H3,(H,15,16). The van der Waals surface area contributed by atoms with Crippen LogP contribution in [0.1, 0.15) is 10.4 Å². The van der Waals surface area contributed by atoms with Gasteiger partial charge in [0.2, 0.25) is 5.76 Å². The number of carbonyl (C=O) groups is 2. The van der Waals surface area contributed by atoms with Gasteiger partial charge in [0.05, 0.1) is 19.2 Å². The lowest BCUT2D eigenvalue weighted by Crippen LogP contribution is -2.14. The summed E-state index contributed by atoms with van der Waals surface area (Å²) in [6, 6.07) is 2.21. The summed E-state index contributed by atoms with van der Waals surface area (Å²) in [6.07, 6.45) is 0.893. The number of hydrogen-bond donors (Lipinski definition) is 1. The second-order valence-electron chi connectivity index (χ2n) is 3.35. The average Bonchev–Trinajstić information content (AvgIpc) is 2.41. The first-order valence-electron chi connectivity index (χ1n) is 5.12. The highest BCUT2D eigenvalue weighted by Gasteiger charge is 2.23. The molecule has 0 aliphatic rings. The number of esters is 1. The van der Waals surface area contributed by atoms with E-state index >= 15 is 0 Å². The quantitative estimate of drug-likeness (QED) is 0.510. The third kappa shape index (κ3) is 3.39. The molecular formula is C12H10ClFO6. The number of carboxylic acid groups (broad SMARTS) is 1. The van der Waals surface area contributed by atoms with Gasteiger partial charge in [0, 0.05) is 0 Å². The molecule has 1 rings (SSSR count). The van der Waals surface area contributed by atoms with Gasteiger partial charge in [-0.2, -0.15) is 0 Å². The average molecular weight is 305 g/mol. The maximum atomic E-state index is 13.7. The molecule has 0 saturated carbocycles. The third-order valence-electron chi connectivity index (χ3n) is 2.10. The zero-order valence-electron chi connectivity index (χ0n) is 10.5. The summed E-state index contributed by atoms with van der Waals surface area (Å²) < 4.78 is 27.7. The van der Waals surface area contributed by atoms with Gasteiger partial charge < -0.3 is 19.3 Å². The van der Waals surface area contributed by atoms with Crippen molar-refractivity contribution in [2.75, 3.05) is 14.2 Å². The van der Waals surface area contributed by atoms with Crippen LogP contribution < -0.4 is 4.74 Å². The first-order chi connectivity index (χ1) is 9.42. The molecule has 0 heterocycles. The number of rotatable bonds is 5. The van der Waals surface area contributed by atoms with Crippen LogP contribution in [0.5, 0.6) is 5.75 Å². The van der Waals surface area contributed by atoms with E-state index in [0.717, 1.165) is 25.5 Å². The molecule has 0 bridgehead atoms. The van der Waals surface area contributed by atoms with Crippen LogP contribution in [0.4, 0.5) is 4.39 Å². The molecule has 1 N–H and O–H groups in total. The van der Waals surface area contributed by atoms with Gasteiger partial charge in [-0.15, -0.1) is 0 Å². The van der Waals surface area contributed by atoms with Crippen molar-refractivity contribution in [3.63, 3.8) is 0 Å². The highest BCUT2D eigenvalue weighted by atomic mass is 35.5. The number of ether oxygens (including phenoxy) is 3. The smallest absolute Gasteiger partial charge is 0.377 e. The maximum Gasteiger partial charge on any atom is 0.377 e. The number of aromatic carboxylic acids is 1. The van der Waals surface area contributed by atoms with Crippen LogP contribution in [0.2, 0.25) is 5.02 Å². The molecule has 0 fully saturated rings. The van der Waals surface area contributed by atoms with E-state index in [9.17, 15) is 14.0 Å². The predicted molar refractivity (Wildman–Crippen MR) is 66.1 cm³/mol. The van der Waals surface area contributed by atoms with Crippen LogP contribution in [-0.2, 0) is 14.3 Å². The van der Waals surface area contributed by atoms with E-state index in [-0.39, 0.29) is 5.02 Å². The highest BCUT2D eigenvalue weighted by molar-refractivity contribution is 6.31. The molecule has 1 aromatic carbocycles. The van der Waals surface area contributed by atoms with Crippen LogP contribution in [0, 0.1) is 5.82 Å². The number of hydrogen-bond acceptors (Lipinski definition) is 5. The first-order valence-corrected chi connectivity index (χ1v) is 5.50. The Hall–Kier alpha value is -2.28. The minimum absolute atomic E-state index is 0.384. The second kappa shape index (κ2) is 6.76. The molecule has 0 atom stereocenters. The summed E-state index contributed by atoms with van der Waals surface area (Å²) in [7, 11) is 2.34. The van der Waals surface area contributed by atoms with Crippen LogP contribution in [0.25, 0.3) is 0 Å². The molecule has 20 heavy (non-hydrogen) atoms. The van der Waals surface area contributed by atoms with E-state index in [1.54, 1.807) is 0 Å². The molecule has 0 aliphatic carbocycles. The summed E-state index contributed by atoms with van der Waals surface area (Å²) in [4.78, 5) is 22.4. The second-order valence-corrected chi connectivity index (χ2v) is 3.76. The van der Waals surface area contributed by atoms with Crippen LogP contribution in [0.3, 0.4) is 0 Å². The normalized spacial score (nSPS) is 10.9. The SMILES string of the molecule is COC=C(Oc1ccc(Cl)c(F)c1C(=O)O)C(=O)OC. The number of benzene rings is 1. The molecule has 8 heteroatoms. The summed E-state index contributed by atoms with van der Waals surface area (Å²) in [6.45, 7) is 0. The van der Waals surface area contributed by atoms with Crippen molar-refractivity contribution < 1.29 is 33.3 Å². The molecule has 1 aromatic rings. The first kappa shape index (κ1) is 15.8. The lowest BCUT2D eigenvalue weighted by molar-refractivity contribution is -0.138. The van der Waals surface area contributed by atoms with E-state index in [0.29, 0.717) is 0 Å². The number of halogens is 2. The van der Waals surface area contributed by atoms with Crippen molar-refractivity contribution in [1.29, 1.82) is 0 Å². The maximum absolute atomic E-state index is 13.7. The minimum atomic E-state index is -1.60. The molecule has 0 spiro atoms. The summed E-state index contributed by atoms with van der Waals surface area (Å²) >= 11 is 5.49. The Morgan fingerprint density at radius 3 is 2.50 bits per heavy atom. The molecule has 0 radical (unpaired) electrons. The molecule has 0 aromatic heterocycles. The lowest BCUT2D eigenvalue weighted by atomic mass is 10.2. The van der Waals surface area contributed by atoms with E-state index in [4.69, 9.17) is 21.4 Å². The van der Waals surface area contributed by atoms with Gasteiger partial charge in [0.15, 0.2) is 5.82 Å².